The van der Waals surface area contributed by atoms with Crippen LogP contribution in [0.25, 0.3) is 44.3 Å². The molecule has 0 spiro atoms. The number of Topliss-reactive ketones (excluding diaryl/α,β-unsaturated/α-hetero) is 2. The van der Waals surface area contributed by atoms with Gasteiger partial charge in [0.1, 0.15) is 52.6 Å². The van der Waals surface area contributed by atoms with Crippen molar-refractivity contribution in [2.24, 2.45) is 0 Å². The number of alkyl halides is 4. The number of aromatic nitrogens is 6. The van der Waals surface area contributed by atoms with E-state index in [-0.39, 0.29) is 48.2 Å². The van der Waals surface area contributed by atoms with E-state index in [0.717, 1.165) is 17.5 Å². The maximum atomic E-state index is 13.7. The molecular formula is C42H46F4N8O5. The van der Waals surface area contributed by atoms with Crippen molar-refractivity contribution in [3.05, 3.63) is 83.7 Å². The minimum Gasteiger partial charge on any atom is -0.444 e. The van der Waals surface area contributed by atoms with Crippen LogP contribution in [0.1, 0.15) is 79.1 Å². The number of anilines is 2. The summed E-state index contributed by atoms with van der Waals surface area (Å²) < 4.78 is 62.3. The Balaban J connectivity index is 0.000000230. The summed E-state index contributed by atoms with van der Waals surface area (Å²) in [7, 11) is 0. The van der Waals surface area contributed by atoms with Gasteiger partial charge in [0.25, 0.3) is 0 Å². The standard InChI is InChI=1S/C24H28F2N4O3.C18H18F2N4O2/c1-6-7-12-30-18(19(31)20(25)26)16(15-10-8-14(2)9-11-15)17-21(27-13-28-22(17)30)29-23(32)33-24(3,4)5;1-10-3-5-11(6-4-10)12-13-17(21)22-9-23-18(13)24(7-2-8-25)14(12)15(26)16(19)20/h8-11,13,20H,6-7,12H2,1-5H3,(H,27,28,29,32);3-6,9,16,25H,2,7-8H2,1H3,(H2,21,22,23). The molecule has 6 aromatic rings. The normalized spacial score (nSPS) is 11.6. The van der Waals surface area contributed by atoms with E-state index in [2.05, 4.69) is 25.3 Å². The third-order valence-corrected chi connectivity index (χ3v) is 9.15. The number of fused-ring (bicyclic) bond motifs is 2. The number of halogens is 4. The van der Waals surface area contributed by atoms with Gasteiger partial charge in [-0.25, -0.2) is 42.3 Å². The predicted molar refractivity (Wildman–Crippen MR) is 217 cm³/mol. The van der Waals surface area contributed by atoms with E-state index < -0.39 is 36.1 Å². The summed E-state index contributed by atoms with van der Waals surface area (Å²) in [6.07, 6.45) is -2.95. The average molecular weight is 819 g/mol. The van der Waals surface area contributed by atoms with Crippen LogP contribution in [0.2, 0.25) is 0 Å². The highest BCUT2D eigenvalue weighted by molar-refractivity contribution is 6.16. The van der Waals surface area contributed by atoms with Crippen molar-refractivity contribution in [3.63, 3.8) is 0 Å². The number of hydrogen-bond acceptors (Lipinski definition) is 10. The van der Waals surface area contributed by atoms with Gasteiger partial charge < -0.3 is 24.7 Å². The largest absolute Gasteiger partial charge is 0.444 e. The lowest BCUT2D eigenvalue weighted by atomic mass is 9.99. The predicted octanol–water partition coefficient (Wildman–Crippen LogP) is 8.82. The highest BCUT2D eigenvalue weighted by Crippen LogP contribution is 2.40. The summed E-state index contributed by atoms with van der Waals surface area (Å²) >= 11 is 0. The third-order valence-electron chi connectivity index (χ3n) is 9.15. The number of rotatable bonds is 13. The van der Waals surface area contributed by atoms with Gasteiger partial charge in [0, 0.05) is 30.8 Å². The molecule has 0 radical (unpaired) electrons. The van der Waals surface area contributed by atoms with Crippen molar-refractivity contribution in [1.29, 1.82) is 0 Å². The molecule has 13 nitrogen and oxygen atoms in total. The van der Waals surface area contributed by atoms with E-state index >= 15 is 0 Å². The zero-order chi connectivity index (χ0) is 43.2. The fourth-order valence-corrected chi connectivity index (χ4v) is 6.56. The van der Waals surface area contributed by atoms with Gasteiger partial charge in [-0.3, -0.25) is 14.9 Å². The molecule has 0 aliphatic carbocycles. The maximum absolute atomic E-state index is 13.7. The summed E-state index contributed by atoms with van der Waals surface area (Å²) in [5, 5.41) is 12.4. The lowest BCUT2D eigenvalue weighted by Gasteiger charge is -2.19. The van der Waals surface area contributed by atoms with Crippen molar-refractivity contribution < 1.29 is 41.8 Å². The Morgan fingerprint density at radius 1 is 0.746 bits per heavy atom. The second-order valence-electron chi connectivity index (χ2n) is 14.7. The number of aliphatic hydroxyl groups is 1. The number of nitrogens with one attached hydrogen (secondary N) is 1. The van der Waals surface area contributed by atoms with Crippen LogP contribution in [-0.4, -0.2) is 76.9 Å². The summed E-state index contributed by atoms with van der Waals surface area (Å²) in [4.78, 5) is 54.2. The number of ketones is 2. The van der Waals surface area contributed by atoms with E-state index in [1.807, 2.05) is 45.0 Å². The molecule has 0 bridgehead atoms. The van der Waals surface area contributed by atoms with E-state index in [4.69, 9.17) is 15.6 Å². The Bertz CT molecular complexity index is 2460. The van der Waals surface area contributed by atoms with Gasteiger partial charge in [-0.15, -0.1) is 0 Å². The van der Waals surface area contributed by atoms with Crippen molar-refractivity contribution in [3.8, 4) is 22.3 Å². The van der Waals surface area contributed by atoms with Crippen LogP contribution < -0.4 is 11.1 Å². The maximum Gasteiger partial charge on any atom is 0.413 e. The summed E-state index contributed by atoms with van der Waals surface area (Å²) in [5.74, 6) is -2.42. The average Bonchev–Trinajstić information content (AvgIpc) is 3.69. The van der Waals surface area contributed by atoms with E-state index in [1.165, 1.54) is 21.8 Å². The lowest BCUT2D eigenvalue weighted by Crippen LogP contribution is -2.27. The zero-order valence-corrected chi connectivity index (χ0v) is 33.5. The zero-order valence-electron chi connectivity index (χ0n) is 33.5. The van der Waals surface area contributed by atoms with Crippen LogP contribution in [0, 0.1) is 13.8 Å². The number of hydrogen-bond donors (Lipinski definition) is 3. The summed E-state index contributed by atoms with van der Waals surface area (Å²) in [5.41, 5.74) is 9.17. The number of carbonyl (C=O) groups excluding carboxylic acids is 3. The Hall–Kier alpha value is -6.23. The molecule has 2 aromatic carbocycles. The Morgan fingerprint density at radius 3 is 1.66 bits per heavy atom. The number of unbranched alkanes of at least 4 members (excludes halogenated alkanes) is 1. The first kappa shape index (κ1) is 43.9. The quantitative estimate of drug-likeness (QED) is 0.0753. The Kier molecular flexibility index (Phi) is 13.8. The number of aryl methyl sites for hydroxylation is 4. The van der Waals surface area contributed by atoms with Crippen LogP contribution >= 0.6 is 0 Å². The number of nitrogens with zero attached hydrogens (tertiary/aromatic N) is 6. The number of aliphatic hydroxyl groups excluding tert-OH is 1. The molecule has 0 saturated carbocycles. The molecule has 0 saturated heterocycles. The molecule has 59 heavy (non-hydrogen) atoms. The monoisotopic (exact) mass is 818 g/mol. The number of carbonyl (C=O) groups is 3. The van der Waals surface area contributed by atoms with Crippen LogP contribution in [0.15, 0.2) is 61.2 Å². The fraction of sp³-hybridized carbons (Fsp3) is 0.357. The number of nitrogens with two attached hydrogens (primary N) is 1. The van der Waals surface area contributed by atoms with Gasteiger partial charge in [0.05, 0.1) is 10.8 Å². The molecular weight excluding hydrogens is 773 g/mol. The summed E-state index contributed by atoms with van der Waals surface area (Å²) in [6.45, 7) is 11.3. The second-order valence-corrected chi connectivity index (χ2v) is 14.7. The molecule has 312 valence electrons. The highest BCUT2D eigenvalue weighted by atomic mass is 19.3. The molecule has 0 atom stereocenters. The van der Waals surface area contributed by atoms with Gasteiger partial charge >= 0.3 is 18.9 Å². The van der Waals surface area contributed by atoms with Gasteiger partial charge in [0.2, 0.25) is 11.6 Å². The topological polar surface area (TPSA) is 180 Å². The van der Waals surface area contributed by atoms with Crippen molar-refractivity contribution in [2.75, 3.05) is 17.7 Å². The first-order valence-corrected chi connectivity index (χ1v) is 18.9. The number of amides is 1. The number of nitrogen functional groups attached to an aromatic ring is 1. The minimum absolute atomic E-state index is 0.0865. The number of ether oxygens (including phenoxy) is 1. The smallest absolute Gasteiger partial charge is 0.413 e. The SMILES string of the molecule is CCCCn1c(C(=O)C(F)F)c(-c2ccc(C)cc2)c2c(NC(=O)OC(C)(C)C)ncnc21.Cc1ccc(-c2c(C(=O)C(F)F)n(CCCO)c3ncnc(N)c23)cc1. The van der Waals surface area contributed by atoms with Crippen molar-refractivity contribution in [2.45, 2.75) is 92.3 Å². The second kappa shape index (κ2) is 18.6. The first-order valence-electron chi connectivity index (χ1n) is 18.9. The molecule has 0 fully saturated rings. The van der Waals surface area contributed by atoms with Gasteiger partial charge in [-0.1, -0.05) is 73.0 Å². The van der Waals surface area contributed by atoms with E-state index in [0.29, 0.717) is 51.7 Å². The highest BCUT2D eigenvalue weighted by Gasteiger charge is 2.33. The van der Waals surface area contributed by atoms with Gasteiger partial charge in [0.15, 0.2) is 0 Å². The van der Waals surface area contributed by atoms with Crippen LogP contribution in [0.4, 0.5) is 34.0 Å². The fourth-order valence-electron chi connectivity index (χ4n) is 6.56. The van der Waals surface area contributed by atoms with Crippen molar-refractivity contribution >= 4 is 51.4 Å². The van der Waals surface area contributed by atoms with Crippen LogP contribution in [0.5, 0.6) is 0 Å². The number of benzene rings is 2. The molecule has 0 unspecified atom stereocenters. The van der Waals surface area contributed by atoms with E-state index in [9.17, 15) is 31.9 Å². The summed E-state index contributed by atoms with van der Waals surface area (Å²) in [6, 6.07) is 14.3. The Labute approximate surface area is 337 Å². The molecule has 4 N–H and O–H groups in total. The molecule has 6 rings (SSSR count). The molecule has 0 aliphatic rings. The molecule has 4 aromatic heterocycles. The minimum atomic E-state index is -3.20. The van der Waals surface area contributed by atoms with Crippen molar-refractivity contribution in [1.82, 2.24) is 29.1 Å². The molecule has 0 aliphatic heterocycles. The molecule has 4 heterocycles. The van der Waals surface area contributed by atoms with Gasteiger partial charge in [-0.05, 0) is 58.6 Å². The van der Waals surface area contributed by atoms with Gasteiger partial charge in [-0.2, -0.15) is 0 Å². The van der Waals surface area contributed by atoms with Crippen LogP contribution in [0.3, 0.4) is 0 Å². The molecule has 17 heteroatoms. The first-order chi connectivity index (χ1) is 28.0. The Morgan fingerprint density at radius 2 is 1.20 bits per heavy atom. The third kappa shape index (κ3) is 9.74. The lowest BCUT2D eigenvalue weighted by molar-refractivity contribution is 0.0634. The molecule has 1 amide bonds. The van der Waals surface area contributed by atoms with E-state index in [1.54, 1.807) is 45.0 Å². The van der Waals surface area contributed by atoms with Crippen LogP contribution in [-0.2, 0) is 17.8 Å².